The van der Waals surface area contributed by atoms with Gasteiger partial charge < -0.3 is 69.1 Å². The summed E-state index contributed by atoms with van der Waals surface area (Å²) >= 11 is 0. The van der Waals surface area contributed by atoms with E-state index in [4.69, 9.17) is 22.6 Å². The number of carboxylic acids is 1. The molecule has 0 unspecified atom stereocenters. The van der Waals surface area contributed by atoms with Crippen LogP contribution in [0.4, 0.5) is 0 Å². The third kappa shape index (κ3) is 17.3. The Morgan fingerprint density at radius 3 is 1.78 bits per heavy atom. The highest BCUT2D eigenvalue weighted by atomic mass is 16.4. The predicted molar refractivity (Wildman–Crippen MR) is 249 cm³/mol. The minimum absolute atomic E-state index is 0.0116. The number of amides is 7. The van der Waals surface area contributed by atoms with E-state index < -0.39 is 102 Å². The Morgan fingerprint density at radius 2 is 1.24 bits per heavy atom. The van der Waals surface area contributed by atoms with Crippen molar-refractivity contribution in [3.8, 4) is 5.75 Å². The smallest absolute Gasteiger partial charge is 0.326 e. The summed E-state index contributed by atoms with van der Waals surface area (Å²) in [5.74, 6) is -6.47. The second-order valence-corrected chi connectivity index (χ2v) is 18.2. The van der Waals surface area contributed by atoms with Crippen LogP contribution in [0, 0.1) is 17.2 Å². The fraction of sp³-hybridized carbons (Fsp3) is 0.667. The molecule has 2 saturated heterocycles. The standard InChI is InChI=1S/C45H74N12O10/c1-25(2)23-32(38(60)52-31(12-8-20-50-45(48)49)43(65)57-22-10-14-35(57)41(63)55-36(26(3)4)44(66)67)53-37(59)30(11-6-7-19-46)51-39(61)33(24-28-15-17-29(58)18-16-28)54-40(62)34-13-9-21-56(34)42(64)27(5)47/h15-18,25-27,30-36,58H,6-14,19-24,46-47H2,1-5H3,(H,51,61)(H,52,60)(H,53,59)(H,54,62)(H,55,63)(H,66,67)(H4,48,49,50)/t27-,30-,31-,32-,33-,34-,35-,36-/m0/s1. The molecule has 0 radical (unpaired) electrons. The Balaban J connectivity index is 1.90. The van der Waals surface area contributed by atoms with Crippen molar-refractivity contribution in [3.05, 3.63) is 29.8 Å². The third-order valence-corrected chi connectivity index (χ3v) is 11.8. The van der Waals surface area contributed by atoms with Gasteiger partial charge in [0.25, 0.3) is 0 Å². The van der Waals surface area contributed by atoms with Crippen LogP contribution in [0.2, 0.25) is 0 Å². The number of carbonyl (C=O) groups is 8. The highest BCUT2D eigenvalue weighted by molar-refractivity contribution is 5.98. The maximum absolute atomic E-state index is 14.3. The van der Waals surface area contributed by atoms with Crippen molar-refractivity contribution in [2.75, 3.05) is 26.2 Å². The van der Waals surface area contributed by atoms with Gasteiger partial charge in [-0.25, -0.2) is 4.79 Å². The topological polar surface area (TPSA) is 358 Å². The molecule has 0 bridgehead atoms. The van der Waals surface area contributed by atoms with Crippen LogP contribution in [0.15, 0.2) is 24.3 Å². The zero-order valence-electron chi connectivity index (χ0n) is 39.5. The number of carbonyl (C=O) groups excluding carboxylic acids is 7. The average molecular weight is 943 g/mol. The molecule has 0 aliphatic carbocycles. The van der Waals surface area contributed by atoms with Crippen molar-refractivity contribution in [2.45, 2.75) is 154 Å². The molecule has 67 heavy (non-hydrogen) atoms. The quantitative estimate of drug-likeness (QED) is 0.0297. The second kappa shape index (κ2) is 26.9. The summed E-state index contributed by atoms with van der Waals surface area (Å²) < 4.78 is 0. The van der Waals surface area contributed by atoms with Gasteiger partial charge in [-0.2, -0.15) is 0 Å². The van der Waals surface area contributed by atoms with Crippen LogP contribution in [0.3, 0.4) is 0 Å². The number of rotatable bonds is 26. The minimum atomic E-state index is -1.24. The van der Waals surface area contributed by atoms with Crippen molar-refractivity contribution in [1.29, 1.82) is 5.41 Å². The van der Waals surface area contributed by atoms with E-state index in [0.29, 0.717) is 50.8 Å². The largest absolute Gasteiger partial charge is 0.508 e. The maximum Gasteiger partial charge on any atom is 0.326 e. The number of hydrogen-bond donors (Lipinski definition) is 12. The summed E-state index contributed by atoms with van der Waals surface area (Å²) in [6.07, 6.45) is 3.00. The van der Waals surface area contributed by atoms with E-state index >= 15 is 0 Å². The van der Waals surface area contributed by atoms with Crippen molar-refractivity contribution in [3.63, 3.8) is 0 Å². The van der Waals surface area contributed by atoms with Crippen molar-refractivity contribution >= 4 is 53.3 Å². The number of phenolic OH excluding ortho intramolecular Hbond substituents is 1. The summed E-state index contributed by atoms with van der Waals surface area (Å²) in [6.45, 7) is 9.46. The van der Waals surface area contributed by atoms with Gasteiger partial charge in [-0.3, -0.25) is 39.0 Å². The number of unbranched alkanes of at least 4 members (excludes halogenated alkanes) is 1. The molecule has 1 aromatic rings. The van der Waals surface area contributed by atoms with Crippen molar-refractivity contribution in [2.24, 2.45) is 29.0 Å². The van der Waals surface area contributed by atoms with Crippen LogP contribution in [0.5, 0.6) is 5.75 Å². The highest BCUT2D eigenvalue weighted by Crippen LogP contribution is 2.22. The summed E-state index contributed by atoms with van der Waals surface area (Å²) in [5, 5.41) is 43.5. The normalized spacial score (nSPS) is 18.5. The maximum atomic E-state index is 14.3. The first-order chi connectivity index (χ1) is 31.6. The number of guanidine groups is 1. The van der Waals surface area contributed by atoms with Crippen molar-refractivity contribution < 1.29 is 48.6 Å². The monoisotopic (exact) mass is 943 g/mol. The van der Waals surface area contributed by atoms with Gasteiger partial charge >= 0.3 is 5.97 Å². The SMILES string of the molecule is CC(C)C[C@H](NC(=O)[C@H](CCCCN)NC(=O)[C@H](Cc1ccc(O)cc1)NC(=O)[C@@H]1CCCN1C(=O)[C@H](C)N)C(=O)N[C@@H](CCCNC(=N)N)C(=O)N1CCC[C@H]1C(=O)N[C@H](C(=O)O)C(C)C. The molecule has 22 nitrogen and oxygen atoms in total. The van der Waals surface area contributed by atoms with Gasteiger partial charge in [-0.05, 0) is 107 Å². The lowest BCUT2D eigenvalue weighted by molar-refractivity contribution is -0.146. The number of phenols is 1. The van der Waals surface area contributed by atoms with E-state index in [-0.39, 0.29) is 69.2 Å². The van der Waals surface area contributed by atoms with Crippen molar-refractivity contribution in [1.82, 2.24) is 41.7 Å². The molecule has 3 rings (SSSR count). The lowest BCUT2D eigenvalue weighted by Crippen LogP contribution is -2.60. The first-order valence-electron chi connectivity index (χ1n) is 23.3. The Kier molecular flexibility index (Phi) is 22.2. The van der Waals surface area contributed by atoms with Gasteiger partial charge in [0.15, 0.2) is 5.96 Å². The molecular formula is C45H74N12O10. The molecule has 2 aliphatic heterocycles. The molecule has 1 aromatic carbocycles. The molecule has 8 atom stereocenters. The lowest BCUT2D eigenvalue weighted by Gasteiger charge is -2.31. The van der Waals surface area contributed by atoms with E-state index in [2.05, 4.69) is 31.9 Å². The number of nitrogens with zero attached hydrogens (tertiary/aromatic N) is 2. The highest BCUT2D eigenvalue weighted by Gasteiger charge is 2.41. The predicted octanol–water partition coefficient (Wildman–Crippen LogP) is -1.13. The molecule has 0 spiro atoms. The van der Waals surface area contributed by atoms with Crippen LogP contribution in [-0.2, 0) is 44.8 Å². The van der Waals surface area contributed by atoms with E-state index in [0.717, 1.165) is 0 Å². The molecule has 22 heteroatoms. The van der Waals surface area contributed by atoms with Gasteiger partial charge in [0.1, 0.15) is 48.0 Å². The number of hydrogen-bond acceptors (Lipinski definition) is 12. The van der Waals surface area contributed by atoms with Gasteiger partial charge in [-0.1, -0.05) is 39.8 Å². The number of nitrogens with one attached hydrogen (secondary N) is 7. The number of aliphatic carboxylic acids is 1. The van der Waals surface area contributed by atoms with Crippen LogP contribution in [0.1, 0.15) is 104 Å². The molecule has 0 aromatic heterocycles. The summed E-state index contributed by atoms with van der Waals surface area (Å²) in [6, 6.07) is -2.76. The number of nitrogens with two attached hydrogens (primary N) is 3. The fourth-order valence-electron chi connectivity index (χ4n) is 8.24. The Labute approximate surface area is 392 Å². The summed E-state index contributed by atoms with van der Waals surface area (Å²) in [4.78, 5) is 112. The molecule has 2 fully saturated rings. The summed E-state index contributed by atoms with van der Waals surface area (Å²) in [5.41, 5.74) is 17.7. The zero-order chi connectivity index (χ0) is 50.0. The molecule has 0 saturated carbocycles. The summed E-state index contributed by atoms with van der Waals surface area (Å²) in [7, 11) is 0. The third-order valence-electron chi connectivity index (χ3n) is 11.8. The number of aromatic hydroxyl groups is 1. The average Bonchev–Trinajstić information content (AvgIpc) is 3.97. The number of benzene rings is 1. The van der Waals surface area contributed by atoms with Gasteiger partial charge in [0.2, 0.25) is 41.4 Å². The van der Waals surface area contributed by atoms with Crippen LogP contribution in [0.25, 0.3) is 0 Å². The molecule has 15 N–H and O–H groups in total. The van der Waals surface area contributed by atoms with Gasteiger partial charge in [-0.15, -0.1) is 0 Å². The minimum Gasteiger partial charge on any atom is -0.508 e. The Hall–Kier alpha value is -6.03. The van der Waals surface area contributed by atoms with E-state index in [1.54, 1.807) is 26.0 Å². The van der Waals surface area contributed by atoms with Gasteiger partial charge in [0, 0.05) is 26.1 Å². The van der Waals surface area contributed by atoms with Crippen LogP contribution >= 0.6 is 0 Å². The molecule has 374 valence electrons. The zero-order valence-corrected chi connectivity index (χ0v) is 39.5. The first-order valence-corrected chi connectivity index (χ1v) is 23.3. The van der Waals surface area contributed by atoms with Crippen LogP contribution in [-0.4, -0.2) is 148 Å². The van der Waals surface area contributed by atoms with E-state index in [1.165, 1.54) is 28.9 Å². The number of carboxylic acid groups (broad SMARTS) is 1. The fourth-order valence-corrected chi connectivity index (χ4v) is 8.24. The molecule has 2 heterocycles. The van der Waals surface area contributed by atoms with E-state index in [1.807, 2.05) is 13.8 Å². The number of likely N-dealkylation sites (tertiary alicyclic amines) is 2. The Bertz CT molecular complexity index is 1880. The van der Waals surface area contributed by atoms with Gasteiger partial charge in [0.05, 0.1) is 6.04 Å². The van der Waals surface area contributed by atoms with Crippen LogP contribution < -0.4 is 49.1 Å². The molecule has 2 aliphatic rings. The molecular weight excluding hydrogens is 869 g/mol. The Morgan fingerprint density at radius 1 is 0.716 bits per heavy atom. The lowest BCUT2D eigenvalue weighted by atomic mass is 10.00. The first kappa shape index (κ1) is 55.3. The van der Waals surface area contributed by atoms with E-state index in [9.17, 15) is 48.6 Å². The second-order valence-electron chi connectivity index (χ2n) is 18.2. The molecule has 7 amide bonds.